The molecule has 2 aliphatic heterocycles. The van der Waals surface area contributed by atoms with Crippen molar-refractivity contribution in [2.45, 2.75) is 64.7 Å². The Morgan fingerprint density at radius 1 is 0.833 bits per heavy atom. The van der Waals surface area contributed by atoms with Crippen LogP contribution in [0.15, 0.2) is 28.2 Å². The maximum absolute atomic E-state index is 12.3. The van der Waals surface area contributed by atoms with Crippen molar-refractivity contribution in [2.24, 2.45) is 9.98 Å². The van der Waals surface area contributed by atoms with E-state index in [2.05, 4.69) is 25.6 Å². The number of carbonyl (C=O) groups is 2. The Bertz CT molecular complexity index is 826. The molecule has 1 aromatic rings. The molecule has 0 saturated heterocycles. The van der Waals surface area contributed by atoms with Crippen LogP contribution in [-0.2, 0) is 19.1 Å². The quantitative estimate of drug-likeness (QED) is 0.767. The normalized spacial score (nSPS) is 21.3. The number of carbonyl (C=O) groups excluding carboxylic acids is 2. The molecule has 1 aromatic heterocycles. The number of nitrogens with one attached hydrogen (secondary N) is 2. The van der Waals surface area contributed by atoms with Crippen LogP contribution in [-0.4, -0.2) is 65.0 Å². The predicted octanol–water partition coefficient (Wildman–Crippen LogP) is 1.20. The lowest BCUT2D eigenvalue weighted by Gasteiger charge is -2.21. The highest BCUT2D eigenvalue weighted by Crippen LogP contribution is 2.16. The maximum Gasteiger partial charge on any atom is 0.248 e. The SMILES string of the molecule is CC(C)(C)NC(=O)[C@@H]1COC(c2cccc(C3=N[C@H](C(=O)NC(C)(C)C)CO3)n2)=N1. The second-order valence-corrected chi connectivity index (χ2v) is 9.41. The molecule has 0 unspecified atom stereocenters. The summed E-state index contributed by atoms with van der Waals surface area (Å²) in [6.07, 6.45) is 0. The zero-order valence-corrected chi connectivity index (χ0v) is 18.3. The highest BCUT2D eigenvalue weighted by Gasteiger charge is 2.31. The van der Waals surface area contributed by atoms with Gasteiger partial charge in [-0.15, -0.1) is 0 Å². The summed E-state index contributed by atoms with van der Waals surface area (Å²) in [7, 11) is 0. The topological polar surface area (TPSA) is 114 Å². The van der Waals surface area contributed by atoms with Crippen molar-refractivity contribution >= 4 is 23.6 Å². The molecule has 9 heteroatoms. The predicted molar refractivity (Wildman–Crippen MR) is 113 cm³/mol. The van der Waals surface area contributed by atoms with Crippen LogP contribution in [0.1, 0.15) is 52.9 Å². The molecule has 3 rings (SSSR count). The second kappa shape index (κ2) is 8.04. The molecule has 0 bridgehead atoms. The molecule has 9 nitrogen and oxygen atoms in total. The molecule has 0 radical (unpaired) electrons. The number of amides is 2. The first-order valence-electron chi connectivity index (χ1n) is 9.94. The number of ether oxygens (including phenoxy) is 2. The number of hydrogen-bond donors (Lipinski definition) is 2. The summed E-state index contributed by atoms with van der Waals surface area (Å²) in [6.45, 7) is 11.8. The number of nitrogens with zero attached hydrogens (tertiary/aromatic N) is 3. The first-order chi connectivity index (χ1) is 13.9. The maximum atomic E-state index is 12.3. The van der Waals surface area contributed by atoms with E-state index >= 15 is 0 Å². The van der Waals surface area contributed by atoms with Crippen LogP contribution in [0.25, 0.3) is 0 Å². The summed E-state index contributed by atoms with van der Waals surface area (Å²) in [4.78, 5) is 37.9. The summed E-state index contributed by atoms with van der Waals surface area (Å²) in [5.74, 6) is 0.216. The molecule has 0 spiro atoms. The third kappa shape index (κ3) is 5.55. The van der Waals surface area contributed by atoms with Crippen molar-refractivity contribution < 1.29 is 19.1 Å². The van der Waals surface area contributed by atoms with E-state index in [1.165, 1.54) is 0 Å². The molecule has 0 aliphatic carbocycles. The van der Waals surface area contributed by atoms with Crippen molar-refractivity contribution in [1.29, 1.82) is 0 Å². The highest BCUT2D eigenvalue weighted by atomic mass is 16.5. The molecule has 3 heterocycles. The number of aromatic nitrogens is 1. The summed E-state index contributed by atoms with van der Waals surface area (Å²) in [5.41, 5.74) is 0.266. The fourth-order valence-corrected chi connectivity index (χ4v) is 2.88. The Labute approximate surface area is 176 Å². The lowest BCUT2D eigenvalue weighted by atomic mass is 10.1. The third-order valence-corrected chi connectivity index (χ3v) is 4.09. The van der Waals surface area contributed by atoms with Gasteiger partial charge < -0.3 is 20.1 Å². The molecule has 2 amide bonds. The van der Waals surface area contributed by atoms with Gasteiger partial charge in [-0.05, 0) is 53.7 Å². The Kier molecular flexibility index (Phi) is 5.83. The fraction of sp³-hybridized carbons (Fsp3) is 0.571. The van der Waals surface area contributed by atoms with E-state index in [1.807, 2.05) is 41.5 Å². The van der Waals surface area contributed by atoms with E-state index < -0.39 is 12.1 Å². The van der Waals surface area contributed by atoms with Crippen LogP contribution in [0, 0.1) is 0 Å². The van der Waals surface area contributed by atoms with Gasteiger partial charge >= 0.3 is 0 Å². The molecule has 162 valence electrons. The van der Waals surface area contributed by atoms with Crippen LogP contribution in [0.3, 0.4) is 0 Å². The average Bonchev–Trinajstić information content (AvgIpc) is 3.29. The molecule has 2 atom stereocenters. The fourth-order valence-electron chi connectivity index (χ4n) is 2.88. The summed E-state index contributed by atoms with van der Waals surface area (Å²) in [6, 6.07) is 4.03. The Morgan fingerprint density at radius 2 is 1.23 bits per heavy atom. The molecular formula is C21H29N5O4. The van der Waals surface area contributed by atoms with Crippen molar-refractivity contribution in [1.82, 2.24) is 15.6 Å². The zero-order chi connectivity index (χ0) is 22.1. The van der Waals surface area contributed by atoms with Gasteiger partial charge in [0.05, 0.1) is 0 Å². The molecule has 0 saturated carbocycles. The third-order valence-electron chi connectivity index (χ3n) is 4.09. The number of pyridine rings is 1. The van der Waals surface area contributed by atoms with Gasteiger partial charge in [0.15, 0.2) is 12.1 Å². The highest BCUT2D eigenvalue weighted by molar-refractivity contribution is 6.00. The number of hydrogen-bond acceptors (Lipinski definition) is 7. The van der Waals surface area contributed by atoms with E-state index in [1.54, 1.807) is 18.2 Å². The Balaban J connectivity index is 1.73. The lowest BCUT2D eigenvalue weighted by Crippen LogP contribution is -2.45. The monoisotopic (exact) mass is 415 g/mol. The zero-order valence-electron chi connectivity index (χ0n) is 18.3. The standard InChI is InChI=1S/C21H29N5O4/c1-20(2,3)25-16(27)14-10-29-18(23-14)12-8-7-9-13(22-12)19-24-15(11-30-19)17(28)26-21(4,5)6/h7-9,14-15H,10-11H2,1-6H3,(H,25,27)(H,26,28)/t14-,15-/m0/s1. The first kappa shape index (κ1) is 21.7. The Hall–Kier alpha value is -2.97. The van der Waals surface area contributed by atoms with Gasteiger partial charge in [-0.25, -0.2) is 15.0 Å². The minimum absolute atomic E-state index is 0.162. The number of aliphatic imine (C=N–C) groups is 2. The average molecular weight is 415 g/mol. The van der Waals surface area contributed by atoms with E-state index in [0.29, 0.717) is 23.2 Å². The smallest absolute Gasteiger partial charge is 0.248 e. The van der Waals surface area contributed by atoms with E-state index in [0.717, 1.165) is 0 Å². The minimum atomic E-state index is -0.616. The molecule has 2 aliphatic rings. The van der Waals surface area contributed by atoms with Gasteiger partial charge in [-0.2, -0.15) is 0 Å². The van der Waals surface area contributed by atoms with Gasteiger partial charge in [-0.3, -0.25) is 9.59 Å². The van der Waals surface area contributed by atoms with Gasteiger partial charge in [0.25, 0.3) is 0 Å². The van der Waals surface area contributed by atoms with Crippen molar-refractivity contribution in [3.05, 3.63) is 29.6 Å². The summed E-state index contributed by atoms with van der Waals surface area (Å²) in [5, 5.41) is 5.79. The van der Waals surface area contributed by atoms with Crippen LogP contribution in [0.4, 0.5) is 0 Å². The van der Waals surface area contributed by atoms with Gasteiger partial charge in [0.2, 0.25) is 23.6 Å². The van der Waals surface area contributed by atoms with Crippen LogP contribution >= 0.6 is 0 Å². The minimum Gasteiger partial charge on any atom is -0.474 e. The Morgan fingerprint density at radius 3 is 1.60 bits per heavy atom. The van der Waals surface area contributed by atoms with Crippen LogP contribution in [0.5, 0.6) is 0 Å². The van der Waals surface area contributed by atoms with Gasteiger partial charge in [0, 0.05) is 11.1 Å². The van der Waals surface area contributed by atoms with E-state index in [-0.39, 0.29) is 36.1 Å². The van der Waals surface area contributed by atoms with Gasteiger partial charge in [0.1, 0.15) is 24.6 Å². The second-order valence-electron chi connectivity index (χ2n) is 9.41. The van der Waals surface area contributed by atoms with Crippen molar-refractivity contribution in [2.75, 3.05) is 13.2 Å². The molecule has 0 fully saturated rings. The summed E-state index contributed by atoms with van der Waals surface area (Å²) < 4.78 is 11.2. The molecule has 2 N–H and O–H groups in total. The van der Waals surface area contributed by atoms with Crippen LogP contribution in [0.2, 0.25) is 0 Å². The van der Waals surface area contributed by atoms with Crippen LogP contribution < -0.4 is 10.6 Å². The van der Waals surface area contributed by atoms with E-state index in [9.17, 15) is 9.59 Å². The number of rotatable bonds is 4. The molecule has 30 heavy (non-hydrogen) atoms. The summed E-state index contributed by atoms with van der Waals surface area (Å²) >= 11 is 0. The van der Waals surface area contributed by atoms with E-state index in [4.69, 9.17) is 9.47 Å². The first-order valence-corrected chi connectivity index (χ1v) is 9.94. The van der Waals surface area contributed by atoms with Crippen molar-refractivity contribution in [3.8, 4) is 0 Å². The molecular weight excluding hydrogens is 386 g/mol. The van der Waals surface area contributed by atoms with Crippen molar-refractivity contribution in [3.63, 3.8) is 0 Å². The largest absolute Gasteiger partial charge is 0.474 e. The van der Waals surface area contributed by atoms with Gasteiger partial charge in [-0.1, -0.05) is 6.07 Å². The molecule has 0 aromatic carbocycles. The lowest BCUT2D eigenvalue weighted by molar-refractivity contribution is -0.124.